The Hall–Kier alpha value is -0.250. The molecule has 90 valence electrons. The summed E-state index contributed by atoms with van der Waals surface area (Å²) in [5.74, 6) is 1.50. The van der Waals surface area contributed by atoms with E-state index in [1.807, 2.05) is 0 Å². The van der Waals surface area contributed by atoms with E-state index in [-0.39, 0.29) is 3.42 Å². The zero-order valence-electron chi connectivity index (χ0n) is 10.8. The number of methoxy groups -OCH3 is 1. The monoisotopic (exact) mass is 332 g/mol. The second-order valence-electron chi connectivity index (χ2n) is 4.66. The Bertz CT molecular complexity index is 356. The van der Waals surface area contributed by atoms with Gasteiger partial charge in [0, 0.05) is 3.42 Å². The quantitative estimate of drug-likeness (QED) is 0.564. The first-order chi connectivity index (χ1) is 7.42. The minimum atomic E-state index is 0.216. The standard InChI is InChI=1S/C14H21IO/c1-6-14(4,15)11-7-8-13(16-5)12(9-11)10(2)3/h7-10H,6H2,1-5H3/t14-/m0/s1. The van der Waals surface area contributed by atoms with Crippen LogP contribution in [0.5, 0.6) is 5.75 Å². The van der Waals surface area contributed by atoms with Gasteiger partial charge in [-0.25, -0.2) is 0 Å². The van der Waals surface area contributed by atoms with E-state index >= 15 is 0 Å². The van der Waals surface area contributed by atoms with Gasteiger partial charge in [0.05, 0.1) is 7.11 Å². The van der Waals surface area contributed by atoms with Crippen molar-refractivity contribution >= 4 is 22.6 Å². The van der Waals surface area contributed by atoms with Crippen molar-refractivity contribution in [3.8, 4) is 5.75 Å². The van der Waals surface area contributed by atoms with Crippen LogP contribution in [0.3, 0.4) is 0 Å². The maximum absolute atomic E-state index is 5.41. The van der Waals surface area contributed by atoms with E-state index < -0.39 is 0 Å². The first-order valence-corrected chi connectivity index (χ1v) is 6.87. The molecule has 0 aliphatic rings. The predicted octanol–water partition coefficient (Wildman–Crippen LogP) is 4.88. The second-order valence-corrected chi connectivity index (χ2v) is 7.04. The second kappa shape index (κ2) is 5.39. The number of hydrogen-bond donors (Lipinski definition) is 0. The van der Waals surface area contributed by atoms with Crippen molar-refractivity contribution in [2.24, 2.45) is 0 Å². The van der Waals surface area contributed by atoms with Crippen LogP contribution in [-0.4, -0.2) is 7.11 Å². The molecule has 0 unspecified atom stereocenters. The van der Waals surface area contributed by atoms with Crippen LogP contribution in [0.15, 0.2) is 18.2 Å². The maximum Gasteiger partial charge on any atom is 0.122 e. The van der Waals surface area contributed by atoms with E-state index in [1.54, 1.807) is 7.11 Å². The fourth-order valence-electron chi connectivity index (χ4n) is 1.71. The summed E-state index contributed by atoms with van der Waals surface area (Å²) >= 11 is 2.53. The minimum Gasteiger partial charge on any atom is -0.496 e. The van der Waals surface area contributed by atoms with Crippen LogP contribution in [0.1, 0.15) is 51.2 Å². The molecule has 0 saturated carbocycles. The highest BCUT2D eigenvalue weighted by Gasteiger charge is 2.22. The first-order valence-electron chi connectivity index (χ1n) is 5.79. The molecule has 2 heteroatoms. The molecule has 0 amide bonds. The zero-order valence-corrected chi connectivity index (χ0v) is 13.0. The average molecular weight is 332 g/mol. The molecule has 0 aliphatic heterocycles. The van der Waals surface area contributed by atoms with E-state index in [4.69, 9.17) is 4.74 Å². The highest BCUT2D eigenvalue weighted by Crippen LogP contribution is 2.38. The molecule has 1 atom stereocenters. The summed E-state index contributed by atoms with van der Waals surface area (Å²) in [6.07, 6.45) is 1.14. The molecular formula is C14H21IO. The predicted molar refractivity (Wildman–Crippen MR) is 78.7 cm³/mol. The van der Waals surface area contributed by atoms with Gasteiger partial charge in [-0.1, -0.05) is 55.5 Å². The Balaban J connectivity index is 3.22. The largest absolute Gasteiger partial charge is 0.496 e. The number of rotatable bonds is 4. The summed E-state index contributed by atoms with van der Waals surface area (Å²) in [4.78, 5) is 0. The average Bonchev–Trinajstić information content (AvgIpc) is 2.28. The summed E-state index contributed by atoms with van der Waals surface area (Å²) in [5.41, 5.74) is 2.69. The molecule has 0 aliphatic carbocycles. The molecule has 1 aromatic carbocycles. The Morgan fingerprint density at radius 1 is 1.38 bits per heavy atom. The normalized spacial score (nSPS) is 14.9. The van der Waals surface area contributed by atoms with Crippen LogP contribution < -0.4 is 4.74 Å². The third-order valence-corrected chi connectivity index (χ3v) is 4.50. The molecule has 0 heterocycles. The topological polar surface area (TPSA) is 9.23 Å². The van der Waals surface area contributed by atoms with Crippen molar-refractivity contribution in [1.29, 1.82) is 0 Å². The van der Waals surface area contributed by atoms with Gasteiger partial charge in [0.1, 0.15) is 5.75 Å². The molecular weight excluding hydrogens is 311 g/mol. The minimum absolute atomic E-state index is 0.216. The molecule has 1 nitrogen and oxygen atoms in total. The van der Waals surface area contributed by atoms with E-state index in [0.29, 0.717) is 5.92 Å². The summed E-state index contributed by atoms with van der Waals surface area (Å²) in [5, 5.41) is 0. The maximum atomic E-state index is 5.41. The third kappa shape index (κ3) is 2.90. The Kier molecular flexibility index (Phi) is 4.65. The van der Waals surface area contributed by atoms with Crippen LogP contribution in [-0.2, 0) is 3.42 Å². The van der Waals surface area contributed by atoms with Crippen molar-refractivity contribution in [3.63, 3.8) is 0 Å². The summed E-state index contributed by atoms with van der Waals surface area (Å²) in [6, 6.07) is 6.57. The van der Waals surface area contributed by atoms with Crippen molar-refractivity contribution in [2.75, 3.05) is 7.11 Å². The molecule has 1 aromatic rings. The third-order valence-electron chi connectivity index (χ3n) is 3.12. The van der Waals surface area contributed by atoms with Gasteiger partial charge in [-0.2, -0.15) is 0 Å². The lowest BCUT2D eigenvalue weighted by Gasteiger charge is -2.23. The summed E-state index contributed by atoms with van der Waals surface area (Å²) < 4.78 is 5.62. The van der Waals surface area contributed by atoms with Gasteiger partial charge in [0.25, 0.3) is 0 Å². The van der Waals surface area contributed by atoms with Crippen molar-refractivity contribution in [2.45, 2.75) is 43.5 Å². The lowest BCUT2D eigenvalue weighted by Crippen LogP contribution is -2.11. The Morgan fingerprint density at radius 3 is 2.44 bits per heavy atom. The molecule has 1 rings (SSSR count). The van der Waals surface area contributed by atoms with Crippen LogP contribution in [0, 0.1) is 0 Å². The van der Waals surface area contributed by atoms with Gasteiger partial charge in [-0.15, -0.1) is 0 Å². The number of halogens is 1. The van der Waals surface area contributed by atoms with Gasteiger partial charge in [0.15, 0.2) is 0 Å². The summed E-state index contributed by atoms with van der Waals surface area (Å²) in [7, 11) is 1.74. The van der Waals surface area contributed by atoms with Gasteiger partial charge in [-0.05, 0) is 36.5 Å². The highest BCUT2D eigenvalue weighted by atomic mass is 127. The number of benzene rings is 1. The Morgan fingerprint density at radius 2 is 2.00 bits per heavy atom. The lowest BCUT2D eigenvalue weighted by molar-refractivity contribution is 0.407. The van der Waals surface area contributed by atoms with Crippen LogP contribution in [0.25, 0.3) is 0 Å². The number of hydrogen-bond acceptors (Lipinski definition) is 1. The van der Waals surface area contributed by atoms with Crippen LogP contribution in [0.4, 0.5) is 0 Å². The van der Waals surface area contributed by atoms with E-state index in [9.17, 15) is 0 Å². The van der Waals surface area contributed by atoms with Gasteiger partial charge in [0.2, 0.25) is 0 Å². The van der Waals surface area contributed by atoms with Crippen LogP contribution in [0.2, 0.25) is 0 Å². The van der Waals surface area contributed by atoms with Gasteiger partial charge >= 0.3 is 0 Å². The Labute approximate surface area is 113 Å². The smallest absolute Gasteiger partial charge is 0.122 e. The van der Waals surface area contributed by atoms with E-state index in [1.165, 1.54) is 11.1 Å². The SMILES string of the molecule is CC[C@](C)(I)c1ccc(OC)c(C(C)C)c1. The fraction of sp³-hybridized carbons (Fsp3) is 0.571. The molecule has 0 spiro atoms. The molecule has 0 bridgehead atoms. The lowest BCUT2D eigenvalue weighted by atomic mass is 9.92. The van der Waals surface area contributed by atoms with Crippen molar-refractivity contribution in [3.05, 3.63) is 29.3 Å². The van der Waals surface area contributed by atoms with Gasteiger partial charge < -0.3 is 4.74 Å². The molecule has 0 fully saturated rings. The highest BCUT2D eigenvalue weighted by molar-refractivity contribution is 14.1. The van der Waals surface area contributed by atoms with E-state index in [0.717, 1.165) is 12.2 Å². The van der Waals surface area contributed by atoms with E-state index in [2.05, 4.69) is 68.5 Å². The van der Waals surface area contributed by atoms with Gasteiger partial charge in [-0.3, -0.25) is 0 Å². The van der Waals surface area contributed by atoms with Crippen molar-refractivity contribution < 1.29 is 4.74 Å². The molecule has 16 heavy (non-hydrogen) atoms. The van der Waals surface area contributed by atoms with Crippen LogP contribution >= 0.6 is 22.6 Å². The molecule has 0 saturated heterocycles. The summed E-state index contributed by atoms with van der Waals surface area (Å²) in [6.45, 7) is 8.92. The fourth-order valence-corrected chi connectivity index (χ4v) is 2.05. The number of alkyl halides is 1. The molecule has 0 aromatic heterocycles. The zero-order chi connectivity index (χ0) is 12.3. The molecule has 0 N–H and O–H groups in total. The molecule has 0 radical (unpaired) electrons. The number of ether oxygens (including phenoxy) is 1. The first kappa shape index (κ1) is 13.8. The van der Waals surface area contributed by atoms with Crippen molar-refractivity contribution in [1.82, 2.24) is 0 Å².